The summed E-state index contributed by atoms with van der Waals surface area (Å²) in [6.07, 6.45) is 5.37. The van der Waals surface area contributed by atoms with E-state index in [9.17, 15) is 8.42 Å². The first-order chi connectivity index (χ1) is 9.53. The normalized spacial score (nSPS) is 17.6. The van der Waals surface area contributed by atoms with E-state index in [1.807, 2.05) is 0 Å². The van der Waals surface area contributed by atoms with Gasteiger partial charge in [0, 0.05) is 13.1 Å². The van der Waals surface area contributed by atoms with Crippen LogP contribution in [0.2, 0.25) is 0 Å². The molecule has 1 aromatic rings. The van der Waals surface area contributed by atoms with Gasteiger partial charge in [-0.25, -0.2) is 12.7 Å². The van der Waals surface area contributed by atoms with Crippen LogP contribution < -0.4 is 0 Å². The van der Waals surface area contributed by atoms with Crippen LogP contribution in [0.5, 0.6) is 0 Å². The molecule has 0 radical (unpaired) electrons. The van der Waals surface area contributed by atoms with Gasteiger partial charge in [-0.2, -0.15) is 0 Å². The van der Waals surface area contributed by atoms with E-state index >= 15 is 0 Å². The molecular formula is C15H23NO3S. The Morgan fingerprint density at radius 1 is 1.20 bits per heavy atom. The predicted octanol–water partition coefficient (Wildman–Crippen LogP) is 2.27. The van der Waals surface area contributed by atoms with Crippen molar-refractivity contribution in [3.8, 4) is 0 Å². The van der Waals surface area contributed by atoms with Crippen LogP contribution in [0.15, 0.2) is 24.3 Å². The Hall–Kier alpha value is -0.910. The van der Waals surface area contributed by atoms with E-state index in [4.69, 9.17) is 5.11 Å². The number of hydrogen-bond donors (Lipinski definition) is 1. The van der Waals surface area contributed by atoms with Crippen LogP contribution in [0, 0.1) is 0 Å². The highest BCUT2D eigenvalue weighted by molar-refractivity contribution is 7.88. The number of benzene rings is 1. The maximum Gasteiger partial charge on any atom is 0.218 e. The lowest BCUT2D eigenvalue weighted by Crippen LogP contribution is -2.38. The van der Waals surface area contributed by atoms with Gasteiger partial charge < -0.3 is 5.11 Å². The summed E-state index contributed by atoms with van der Waals surface area (Å²) >= 11 is 0. The smallest absolute Gasteiger partial charge is 0.218 e. The molecule has 112 valence electrons. The van der Waals surface area contributed by atoms with E-state index in [1.54, 1.807) is 35.6 Å². The first-order valence-electron chi connectivity index (χ1n) is 7.17. The molecule has 0 unspecified atom stereocenters. The molecule has 1 fully saturated rings. The van der Waals surface area contributed by atoms with E-state index in [2.05, 4.69) is 0 Å². The molecular weight excluding hydrogens is 274 g/mol. The lowest BCUT2D eigenvalue weighted by atomic mass is 9.96. The number of nitrogens with zero attached hydrogens (tertiary/aromatic N) is 1. The number of aliphatic hydroxyl groups excluding tert-OH is 1. The van der Waals surface area contributed by atoms with Gasteiger partial charge in [-0.05, 0) is 24.0 Å². The van der Waals surface area contributed by atoms with Gasteiger partial charge >= 0.3 is 0 Å². The first-order valence-corrected chi connectivity index (χ1v) is 8.78. The van der Waals surface area contributed by atoms with Crippen molar-refractivity contribution in [2.24, 2.45) is 0 Å². The zero-order valence-corrected chi connectivity index (χ0v) is 12.8. The predicted molar refractivity (Wildman–Crippen MR) is 79.6 cm³/mol. The Morgan fingerprint density at radius 2 is 1.85 bits per heavy atom. The van der Waals surface area contributed by atoms with Crippen LogP contribution in [0.25, 0.3) is 0 Å². The zero-order chi connectivity index (χ0) is 14.6. The van der Waals surface area contributed by atoms with E-state index in [0.717, 1.165) is 36.8 Å². The van der Waals surface area contributed by atoms with Gasteiger partial charge in [0.15, 0.2) is 0 Å². The lowest BCUT2D eigenvalue weighted by molar-refractivity contribution is 0.281. The summed E-state index contributed by atoms with van der Waals surface area (Å²) in [6.45, 7) is -0.0631. The van der Waals surface area contributed by atoms with Crippen LogP contribution in [-0.4, -0.2) is 30.9 Å². The van der Waals surface area contributed by atoms with Crippen molar-refractivity contribution in [1.82, 2.24) is 4.31 Å². The average Bonchev–Trinajstić information content (AvgIpc) is 2.47. The highest BCUT2D eigenvalue weighted by atomic mass is 32.2. The number of rotatable bonds is 5. The highest BCUT2D eigenvalue weighted by Gasteiger charge is 2.27. The van der Waals surface area contributed by atoms with Gasteiger partial charge in [-0.1, -0.05) is 43.5 Å². The fourth-order valence-electron chi connectivity index (χ4n) is 2.80. The van der Waals surface area contributed by atoms with Crippen molar-refractivity contribution in [1.29, 1.82) is 0 Å². The van der Waals surface area contributed by atoms with Crippen LogP contribution in [0.3, 0.4) is 0 Å². The minimum absolute atomic E-state index is 0.00778. The summed E-state index contributed by atoms with van der Waals surface area (Å²) < 4.78 is 26.5. The van der Waals surface area contributed by atoms with Crippen LogP contribution in [0.4, 0.5) is 0 Å². The monoisotopic (exact) mass is 297 g/mol. The van der Waals surface area contributed by atoms with E-state index < -0.39 is 10.0 Å². The molecule has 0 saturated heterocycles. The van der Waals surface area contributed by atoms with Crippen molar-refractivity contribution in [3.05, 3.63) is 35.4 Å². The average molecular weight is 297 g/mol. The summed E-state index contributed by atoms with van der Waals surface area (Å²) in [5.74, 6) is 0.00778. The Bertz CT molecular complexity index is 536. The number of aliphatic hydroxyl groups is 1. The quantitative estimate of drug-likeness (QED) is 0.907. The minimum Gasteiger partial charge on any atom is -0.392 e. The summed E-state index contributed by atoms with van der Waals surface area (Å²) in [7, 11) is -1.59. The standard InChI is InChI=1S/C15H23NO3S/c1-16(15-8-3-2-4-9-15)20(18,19)12-14-7-5-6-13(10-14)11-17/h5-7,10,15,17H,2-4,8-9,11-12H2,1H3. The van der Waals surface area contributed by atoms with Crippen molar-refractivity contribution in [2.75, 3.05) is 7.05 Å². The Labute approximate surface area is 121 Å². The maximum atomic E-state index is 12.5. The maximum absolute atomic E-state index is 12.5. The summed E-state index contributed by atoms with van der Waals surface area (Å²) in [6, 6.07) is 7.28. The third-order valence-corrected chi connectivity index (χ3v) is 5.92. The van der Waals surface area contributed by atoms with Gasteiger partial charge in [0.1, 0.15) is 0 Å². The summed E-state index contributed by atoms with van der Waals surface area (Å²) in [4.78, 5) is 0. The number of hydrogen-bond acceptors (Lipinski definition) is 3. The van der Waals surface area contributed by atoms with Gasteiger partial charge in [-0.3, -0.25) is 0 Å². The molecule has 1 aliphatic rings. The van der Waals surface area contributed by atoms with Crippen LogP contribution >= 0.6 is 0 Å². The van der Waals surface area contributed by atoms with E-state index in [-0.39, 0.29) is 18.4 Å². The SMILES string of the molecule is CN(C1CCCCC1)S(=O)(=O)Cc1cccc(CO)c1. The molecule has 0 aliphatic heterocycles. The second kappa shape index (κ2) is 6.70. The highest BCUT2D eigenvalue weighted by Crippen LogP contribution is 2.24. The summed E-state index contributed by atoms with van der Waals surface area (Å²) in [5, 5.41) is 9.11. The third kappa shape index (κ3) is 3.81. The molecule has 1 aliphatic carbocycles. The second-order valence-electron chi connectivity index (χ2n) is 5.54. The molecule has 5 heteroatoms. The molecule has 1 N–H and O–H groups in total. The minimum atomic E-state index is -3.29. The molecule has 0 bridgehead atoms. The Morgan fingerprint density at radius 3 is 2.50 bits per heavy atom. The van der Waals surface area contributed by atoms with Crippen molar-refractivity contribution < 1.29 is 13.5 Å². The molecule has 0 amide bonds. The first kappa shape index (κ1) is 15.5. The molecule has 0 heterocycles. The van der Waals surface area contributed by atoms with E-state index in [0.29, 0.717) is 0 Å². The fourth-order valence-corrected chi connectivity index (χ4v) is 4.27. The largest absolute Gasteiger partial charge is 0.392 e. The molecule has 4 nitrogen and oxygen atoms in total. The molecule has 0 atom stereocenters. The Kier molecular flexibility index (Phi) is 5.18. The molecule has 0 spiro atoms. The zero-order valence-electron chi connectivity index (χ0n) is 12.0. The van der Waals surface area contributed by atoms with Gasteiger partial charge in [0.25, 0.3) is 0 Å². The lowest BCUT2D eigenvalue weighted by Gasteiger charge is -2.30. The molecule has 1 aromatic carbocycles. The topological polar surface area (TPSA) is 57.6 Å². The van der Waals surface area contributed by atoms with Crippen molar-refractivity contribution >= 4 is 10.0 Å². The Balaban J connectivity index is 2.09. The molecule has 20 heavy (non-hydrogen) atoms. The molecule has 1 saturated carbocycles. The second-order valence-corrected chi connectivity index (χ2v) is 7.57. The van der Waals surface area contributed by atoms with Gasteiger partial charge in [0.05, 0.1) is 12.4 Å². The van der Waals surface area contributed by atoms with Crippen molar-refractivity contribution in [3.63, 3.8) is 0 Å². The molecule has 0 aromatic heterocycles. The fraction of sp³-hybridized carbons (Fsp3) is 0.600. The van der Waals surface area contributed by atoms with Crippen LogP contribution in [-0.2, 0) is 22.4 Å². The van der Waals surface area contributed by atoms with Crippen LogP contribution in [0.1, 0.15) is 43.2 Å². The van der Waals surface area contributed by atoms with Gasteiger partial charge in [-0.15, -0.1) is 0 Å². The molecule has 2 rings (SSSR count). The number of sulfonamides is 1. The summed E-state index contributed by atoms with van der Waals surface area (Å²) in [5.41, 5.74) is 1.48. The van der Waals surface area contributed by atoms with E-state index in [1.165, 1.54) is 6.42 Å². The third-order valence-electron chi connectivity index (χ3n) is 4.05. The van der Waals surface area contributed by atoms with Crippen molar-refractivity contribution in [2.45, 2.75) is 50.5 Å². The van der Waals surface area contributed by atoms with Gasteiger partial charge in [0.2, 0.25) is 10.0 Å².